The number of nitrogens with one attached hydrogen (secondary N) is 1. The minimum Gasteiger partial charge on any atom is -0.491 e. The molecule has 92 valence electrons. The fourth-order valence-electron chi connectivity index (χ4n) is 1.14. The van der Waals surface area contributed by atoms with Crippen LogP contribution in [0.5, 0.6) is 5.75 Å². The molecule has 1 rings (SSSR count). The number of rotatable bonds is 6. The van der Waals surface area contributed by atoms with Crippen LogP contribution in [0.1, 0.15) is 0 Å². The molecule has 0 heterocycles. The lowest BCUT2D eigenvalue weighted by Crippen LogP contribution is -2.39. The molecule has 1 aromatic carbocycles. The number of carboxylic acids is 1. The van der Waals surface area contributed by atoms with Gasteiger partial charge in [-0.25, -0.2) is 0 Å². The smallest absolute Gasteiger partial charge is 0.324 e. The normalized spacial score (nSPS) is 11.8. The third kappa shape index (κ3) is 3.72. The first kappa shape index (κ1) is 12.9. The van der Waals surface area contributed by atoms with Crippen LogP contribution in [0.4, 0.5) is 5.69 Å². The van der Waals surface area contributed by atoms with Gasteiger partial charge in [-0.2, -0.15) is 0 Å². The van der Waals surface area contributed by atoms with Crippen molar-refractivity contribution in [3.63, 3.8) is 0 Å². The number of hydrogen-bond donors (Lipinski definition) is 2. The topological polar surface area (TPSA) is 102 Å². The molecule has 0 spiro atoms. The van der Waals surface area contributed by atoms with Crippen molar-refractivity contribution in [1.82, 2.24) is 5.32 Å². The van der Waals surface area contributed by atoms with E-state index >= 15 is 0 Å². The van der Waals surface area contributed by atoms with E-state index in [0.717, 1.165) is 0 Å². The van der Waals surface area contributed by atoms with Crippen molar-refractivity contribution in [2.24, 2.45) is 0 Å². The van der Waals surface area contributed by atoms with Crippen molar-refractivity contribution in [3.8, 4) is 5.75 Å². The Kier molecular flexibility index (Phi) is 4.41. The summed E-state index contributed by atoms with van der Waals surface area (Å²) in [5.41, 5.74) is -0.0983. The van der Waals surface area contributed by atoms with Gasteiger partial charge in [0.1, 0.15) is 18.4 Å². The summed E-state index contributed by atoms with van der Waals surface area (Å²) in [4.78, 5) is 20.6. The molecule has 0 saturated heterocycles. The molecule has 1 aromatic rings. The summed E-state index contributed by atoms with van der Waals surface area (Å²) in [6.45, 7) is -0.104. The number of nitrogens with zero attached hydrogens (tertiary/aromatic N) is 1. The first-order valence-electron chi connectivity index (χ1n) is 4.82. The molecule has 1 unspecified atom stereocenters. The van der Waals surface area contributed by atoms with Crippen molar-refractivity contribution in [3.05, 3.63) is 34.4 Å². The Morgan fingerprint density at radius 1 is 1.65 bits per heavy atom. The van der Waals surface area contributed by atoms with Gasteiger partial charge in [0.25, 0.3) is 5.69 Å². The van der Waals surface area contributed by atoms with Gasteiger partial charge in [-0.15, -0.1) is 0 Å². The van der Waals surface area contributed by atoms with Crippen LogP contribution >= 0.6 is 0 Å². The van der Waals surface area contributed by atoms with Crippen molar-refractivity contribution < 1.29 is 19.6 Å². The average molecular weight is 240 g/mol. The first-order valence-corrected chi connectivity index (χ1v) is 4.82. The molecule has 0 aromatic heterocycles. The van der Waals surface area contributed by atoms with E-state index in [4.69, 9.17) is 9.84 Å². The number of nitro groups is 1. The van der Waals surface area contributed by atoms with Crippen molar-refractivity contribution in [2.75, 3.05) is 13.7 Å². The van der Waals surface area contributed by atoms with Gasteiger partial charge in [-0.05, 0) is 13.1 Å². The van der Waals surface area contributed by atoms with Crippen LogP contribution < -0.4 is 10.1 Å². The summed E-state index contributed by atoms with van der Waals surface area (Å²) in [6.07, 6.45) is 0. The number of non-ortho nitro benzene ring substituents is 1. The molecule has 0 radical (unpaired) electrons. The molecular formula is C10H12N2O5. The Morgan fingerprint density at radius 3 is 2.88 bits per heavy atom. The lowest BCUT2D eigenvalue weighted by molar-refractivity contribution is -0.384. The zero-order valence-corrected chi connectivity index (χ0v) is 9.12. The molecule has 0 saturated carbocycles. The van der Waals surface area contributed by atoms with Crippen LogP contribution in [0.15, 0.2) is 24.3 Å². The summed E-state index contributed by atoms with van der Waals surface area (Å²) >= 11 is 0. The van der Waals surface area contributed by atoms with Gasteiger partial charge in [-0.3, -0.25) is 14.9 Å². The van der Waals surface area contributed by atoms with E-state index in [-0.39, 0.29) is 18.0 Å². The number of carboxylic acid groups (broad SMARTS) is 1. The maximum atomic E-state index is 10.7. The zero-order chi connectivity index (χ0) is 12.8. The second-order valence-electron chi connectivity index (χ2n) is 3.24. The van der Waals surface area contributed by atoms with Crippen molar-refractivity contribution in [2.45, 2.75) is 6.04 Å². The van der Waals surface area contributed by atoms with E-state index in [1.165, 1.54) is 31.3 Å². The highest BCUT2D eigenvalue weighted by Gasteiger charge is 2.16. The standard InChI is InChI=1S/C10H12N2O5/c1-11-9(10(13)14)6-17-8-4-2-3-7(5-8)12(15)16/h2-5,9,11H,6H2,1H3,(H,13,14). The predicted octanol–water partition coefficient (Wildman–Crippen LogP) is 0.646. The largest absolute Gasteiger partial charge is 0.491 e. The summed E-state index contributed by atoms with van der Waals surface area (Å²) in [7, 11) is 1.50. The SMILES string of the molecule is CNC(COc1cccc([N+](=O)[O-])c1)C(=O)O. The van der Waals surface area contributed by atoms with Crippen LogP contribution in [-0.2, 0) is 4.79 Å². The van der Waals surface area contributed by atoms with Crippen LogP contribution in [0.3, 0.4) is 0 Å². The van der Waals surface area contributed by atoms with Crippen LogP contribution in [0.25, 0.3) is 0 Å². The summed E-state index contributed by atoms with van der Waals surface area (Å²) < 4.78 is 5.16. The molecule has 17 heavy (non-hydrogen) atoms. The zero-order valence-electron chi connectivity index (χ0n) is 9.12. The van der Waals surface area contributed by atoms with E-state index in [0.29, 0.717) is 0 Å². The van der Waals surface area contributed by atoms with E-state index in [9.17, 15) is 14.9 Å². The molecule has 0 bridgehead atoms. The van der Waals surface area contributed by atoms with Gasteiger partial charge in [-0.1, -0.05) is 6.07 Å². The number of aliphatic carboxylic acids is 1. The second kappa shape index (κ2) is 5.80. The van der Waals surface area contributed by atoms with Gasteiger partial charge in [0.15, 0.2) is 0 Å². The van der Waals surface area contributed by atoms with E-state index in [1.807, 2.05) is 0 Å². The monoisotopic (exact) mass is 240 g/mol. The molecule has 7 heteroatoms. The van der Waals surface area contributed by atoms with Gasteiger partial charge < -0.3 is 15.2 Å². The molecule has 0 fully saturated rings. The molecule has 0 amide bonds. The molecule has 1 atom stereocenters. The molecule has 0 aliphatic heterocycles. The highest BCUT2D eigenvalue weighted by Crippen LogP contribution is 2.19. The van der Waals surface area contributed by atoms with Crippen LogP contribution in [0, 0.1) is 10.1 Å². The van der Waals surface area contributed by atoms with Gasteiger partial charge in [0.2, 0.25) is 0 Å². The summed E-state index contributed by atoms with van der Waals surface area (Å²) in [5, 5.41) is 21.8. The minimum atomic E-state index is -1.04. The van der Waals surface area contributed by atoms with E-state index < -0.39 is 16.9 Å². The lowest BCUT2D eigenvalue weighted by Gasteiger charge is -2.12. The highest BCUT2D eigenvalue weighted by atomic mass is 16.6. The second-order valence-corrected chi connectivity index (χ2v) is 3.24. The quantitative estimate of drug-likeness (QED) is 0.559. The fourth-order valence-corrected chi connectivity index (χ4v) is 1.14. The number of carbonyl (C=O) groups is 1. The van der Waals surface area contributed by atoms with Crippen LogP contribution in [-0.4, -0.2) is 35.7 Å². The van der Waals surface area contributed by atoms with Crippen LogP contribution in [0.2, 0.25) is 0 Å². The lowest BCUT2D eigenvalue weighted by atomic mass is 10.3. The third-order valence-corrected chi connectivity index (χ3v) is 2.09. The Labute approximate surface area is 97.2 Å². The number of benzene rings is 1. The molecule has 0 aliphatic carbocycles. The number of ether oxygens (including phenoxy) is 1. The maximum absolute atomic E-state index is 10.7. The fraction of sp³-hybridized carbons (Fsp3) is 0.300. The average Bonchev–Trinajstić information content (AvgIpc) is 2.29. The van der Waals surface area contributed by atoms with E-state index in [1.54, 1.807) is 0 Å². The number of hydrogen-bond acceptors (Lipinski definition) is 5. The van der Waals surface area contributed by atoms with E-state index in [2.05, 4.69) is 5.32 Å². The Morgan fingerprint density at radius 2 is 2.35 bits per heavy atom. The maximum Gasteiger partial charge on any atom is 0.324 e. The highest BCUT2D eigenvalue weighted by molar-refractivity contribution is 5.73. The Balaban J connectivity index is 2.66. The molecular weight excluding hydrogens is 228 g/mol. The molecule has 7 nitrogen and oxygen atoms in total. The van der Waals surface area contributed by atoms with Gasteiger partial charge >= 0.3 is 5.97 Å². The Bertz CT molecular complexity index is 421. The summed E-state index contributed by atoms with van der Waals surface area (Å²) in [5.74, 6) is -0.779. The van der Waals surface area contributed by atoms with Crippen molar-refractivity contribution >= 4 is 11.7 Å². The number of nitro benzene ring substituents is 1. The predicted molar refractivity (Wildman–Crippen MR) is 59.1 cm³/mol. The van der Waals surface area contributed by atoms with Gasteiger partial charge in [0.05, 0.1) is 11.0 Å². The minimum absolute atomic E-state index is 0.0983. The summed E-state index contributed by atoms with van der Waals surface area (Å²) in [6, 6.07) is 4.73. The van der Waals surface area contributed by atoms with Gasteiger partial charge in [0, 0.05) is 6.07 Å². The third-order valence-electron chi connectivity index (χ3n) is 2.09. The molecule has 0 aliphatic rings. The van der Waals surface area contributed by atoms with Crippen molar-refractivity contribution in [1.29, 1.82) is 0 Å². The molecule has 2 N–H and O–H groups in total. The number of likely N-dealkylation sites (N-methyl/N-ethyl adjacent to an activating group) is 1. The first-order chi connectivity index (χ1) is 8.04. The Hall–Kier alpha value is -2.15.